The molecular weight excluding hydrogens is 244 g/mol. The van der Waals surface area contributed by atoms with Gasteiger partial charge in [0, 0.05) is 18.4 Å². The van der Waals surface area contributed by atoms with Crippen LogP contribution < -0.4 is 10.5 Å². The summed E-state index contributed by atoms with van der Waals surface area (Å²) in [5.74, 6) is 0.508. The maximum Gasteiger partial charge on any atom is 0.271 e. The molecular formula is C9H12N4O3S. The van der Waals surface area contributed by atoms with E-state index in [4.69, 9.17) is 9.56 Å². The zero-order chi connectivity index (χ0) is 12.3. The van der Waals surface area contributed by atoms with Gasteiger partial charge in [0.05, 0.1) is 12.9 Å². The molecule has 0 amide bonds. The molecule has 8 heteroatoms. The molecule has 0 aliphatic rings. The number of hydrogen-bond acceptors (Lipinski definition) is 5. The number of H-pyrrole nitrogens is 1. The summed E-state index contributed by atoms with van der Waals surface area (Å²) in [6.45, 7) is 1.000. The Bertz CT molecular complexity index is 573. The normalized spacial score (nSPS) is 11.8. The molecule has 0 aromatic carbocycles. The Hall–Kier alpha value is -1.64. The number of nitrogens with one attached hydrogen (secondary N) is 2. The van der Waals surface area contributed by atoms with Crippen molar-refractivity contribution in [3.8, 4) is 0 Å². The molecule has 0 saturated heterocycles. The van der Waals surface area contributed by atoms with Crippen molar-refractivity contribution in [2.24, 2.45) is 5.14 Å². The summed E-state index contributed by atoms with van der Waals surface area (Å²) in [7, 11) is -3.76. The largest absolute Gasteiger partial charge is 0.447 e. The molecule has 7 nitrogen and oxygen atoms in total. The molecule has 0 atom stereocenters. The third kappa shape index (κ3) is 3.16. The minimum atomic E-state index is -3.76. The van der Waals surface area contributed by atoms with E-state index in [-0.39, 0.29) is 5.09 Å². The minimum absolute atomic E-state index is 0.226. The lowest BCUT2D eigenvalue weighted by Gasteiger charge is -1.99. The van der Waals surface area contributed by atoms with Crippen LogP contribution in [-0.4, -0.2) is 18.4 Å². The molecule has 17 heavy (non-hydrogen) atoms. The van der Waals surface area contributed by atoms with Gasteiger partial charge in [0.2, 0.25) is 5.09 Å². The molecule has 0 unspecified atom stereocenters. The van der Waals surface area contributed by atoms with Crippen molar-refractivity contribution in [3.63, 3.8) is 0 Å². The van der Waals surface area contributed by atoms with Crippen LogP contribution in [0.1, 0.15) is 11.5 Å². The molecule has 92 valence electrons. The molecule has 0 aliphatic heterocycles. The number of primary sulfonamides is 1. The van der Waals surface area contributed by atoms with Gasteiger partial charge in [-0.3, -0.25) is 0 Å². The number of aromatic nitrogens is 2. The highest BCUT2D eigenvalue weighted by atomic mass is 32.2. The van der Waals surface area contributed by atoms with Crippen molar-refractivity contribution >= 4 is 10.0 Å². The molecule has 0 fully saturated rings. The average molecular weight is 256 g/mol. The maximum atomic E-state index is 11.0. The van der Waals surface area contributed by atoms with Gasteiger partial charge in [-0.25, -0.2) is 18.5 Å². The summed E-state index contributed by atoms with van der Waals surface area (Å²) in [5, 5.41) is 7.76. The van der Waals surface area contributed by atoms with Gasteiger partial charge in [0.1, 0.15) is 5.76 Å². The Morgan fingerprint density at radius 2 is 2.24 bits per heavy atom. The SMILES string of the molecule is NS(=O)(=O)c1ccc(CNCc2cnc[nH]2)o1. The van der Waals surface area contributed by atoms with E-state index in [2.05, 4.69) is 15.3 Å². The van der Waals surface area contributed by atoms with E-state index in [1.165, 1.54) is 6.07 Å². The number of hydrogen-bond donors (Lipinski definition) is 3. The number of nitrogens with zero attached hydrogens (tertiary/aromatic N) is 1. The molecule has 0 bridgehead atoms. The molecule has 0 saturated carbocycles. The van der Waals surface area contributed by atoms with Crippen molar-refractivity contribution in [3.05, 3.63) is 36.1 Å². The monoisotopic (exact) mass is 256 g/mol. The van der Waals surface area contributed by atoms with E-state index in [1.807, 2.05) is 0 Å². The lowest BCUT2D eigenvalue weighted by molar-refractivity contribution is 0.402. The lowest BCUT2D eigenvalue weighted by atomic mass is 10.4. The van der Waals surface area contributed by atoms with Crippen LogP contribution in [0, 0.1) is 0 Å². The van der Waals surface area contributed by atoms with E-state index in [9.17, 15) is 8.42 Å². The standard InChI is InChI=1S/C9H12N4O3S/c10-17(14,15)9-2-1-8(16-9)5-11-3-7-4-12-6-13-7/h1-2,4,6,11H,3,5H2,(H,12,13)(H2,10,14,15). The first-order valence-corrected chi connectivity index (χ1v) is 6.40. The first-order valence-electron chi connectivity index (χ1n) is 4.85. The number of aromatic amines is 1. The van der Waals surface area contributed by atoms with Gasteiger partial charge in [-0.15, -0.1) is 0 Å². The summed E-state index contributed by atoms with van der Waals surface area (Å²) in [5.41, 5.74) is 0.934. The second-order valence-electron chi connectivity index (χ2n) is 3.45. The van der Waals surface area contributed by atoms with Gasteiger partial charge < -0.3 is 14.7 Å². The van der Waals surface area contributed by atoms with Gasteiger partial charge in [0.15, 0.2) is 0 Å². The zero-order valence-corrected chi connectivity index (χ0v) is 9.70. The fourth-order valence-electron chi connectivity index (χ4n) is 1.31. The molecule has 0 radical (unpaired) electrons. The predicted octanol–water partition coefficient (Wildman–Crippen LogP) is -0.0601. The van der Waals surface area contributed by atoms with Crippen molar-refractivity contribution in [2.75, 3.05) is 0 Å². The van der Waals surface area contributed by atoms with E-state index in [1.54, 1.807) is 18.6 Å². The van der Waals surface area contributed by atoms with E-state index >= 15 is 0 Å². The Morgan fingerprint density at radius 3 is 2.82 bits per heavy atom. The van der Waals surface area contributed by atoms with Crippen LogP contribution in [0.25, 0.3) is 0 Å². The second-order valence-corrected chi connectivity index (χ2v) is 4.94. The lowest BCUT2D eigenvalue weighted by Crippen LogP contribution is -2.13. The third-order valence-corrected chi connectivity index (χ3v) is 2.87. The third-order valence-electron chi connectivity index (χ3n) is 2.09. The predicted molar refractivity (Wildman–Crippen MR) is 59.2 cm³/mol. The number of imidazole rings is 1. The van der Waals surface area contributed by atoms with Gasteiger partial charge in [0.25, 0.3) is 10.0 Å². The Morgan fingerprint density at radius 1 is 1.41 bits per heavy atom. The number of rotatable bonds is 5. The highest BCUT2D eigenvalue weighted by Gasteiger charge is 2.12. The highest BCUT2D eigenvalue weighted by molar-refractivity contribution is 7.89. The van der Waals surface area contributed by atoms with E-state index in [0.29, 0.717) is 18.8 Å². The quantitative estimate of drug-likeness (QED) is 0.693. The Balaban J connectivity index is 1.90. The first-order chi connectivity index (χ1) is 8.05. The van der Waals surface area contributed by atoms with Gasteiger partial charge in [-0.1, -0.05) is 0 Å². The number of sulfonamides is 1. The second kappa shape index (κ2) is 4.70. The fraction of sp³-hybridized carbons (Fsp3) is 0.222. The summed E-state index contributed by atoms with van der Waals surface area (Å²) in [6, 6.07) is 2.91. The van der Waals surface area contributed by atoms with E-state index < -0.39 is 10.0 Å². The summed E-state index contributed by atoms with van der Waals surface area (Å²) >= 11 is 0. The van der Waals surface area contributed by atoms with Gasteiger partial charge in [-0.2, -0.15) is 0 Å². The smallest absolute Gasteiger partial charge is 0.271 e. The van der Waals surface area contributed by atoms with Crippen molar-refractivity contribution in [1.29, 1.82) is 0 Å². The van der Waals surface area contributed by atoms with E-state index in [0.717, 1.165) is 5.69 Å². The zero-order valence-electron chi connectivity index (χ0n) is 8.88. The minimum Gasteiger partial charge on any atom is -0.447 e. The van der Waals surface area contributed by atoms with Gasteiger partial charge in [-0.05, 0) is 12.1 Å². The molecule has 2 aromatic heterocycles. The number of furan rings is 1. The molecule has 0 aliphatic carbocycles. The van der Waals surface area contributed by atoms with Crippen LogP contribution in [0.2, 0.25) is 0 Å². The summed E-state index contributed by atoms with van der Waals surface area (Å²) < 4.78 is 27.0. The molecule has 0 spiro atoms. The molecule has 2 aromatic rings. The summed E-state index contributed by atoms with van der Waals surface area (Å²) in [4.78, 5) is 6.80. The topological polar surface area (TPSA) is 114 Å². The fourth-order valence-corrected chi connectivity index (χ4v) is 1.79. The van der Waals surface area contributed by atoms with Crippen LogP contribution in [0.5, 0.6) is 0 Å². The van der Waals surface area contributed by atoms with Crippen LogP contribution in [0.15, 0.2) is 34.2 Å². The van der Waals surface area contributed by atoms with Crippen LogP contribution in [-0.2, 0) is 23.1 Å². The average Bonchev–Trinajstić information content (AvgIpc) is 2.86. The van der Waals surface area contributed by atoms with Crippen molar-refractivity contribution in [1.82, 2.24) is 15.3 Å². The van der Waals surface area contributed by atoms with Gasteiger partial charge >= 0.3 is 0 Å². The Labute approximate surface area is 98.1 Å². The molecule has 4 N–H and O–H groups in total. The van der Waals surface area contributed by atoms with Crippen LogP contribution >= 0.6 is 0 Å². The maximum absolute atomic E-state index is 11.0. The first kappa shape index (κ1) is 11.8. The highest BCUT2D eigenvalue weighted by Crippen LogP contribution is 2.11. The summed E-state index contributed by atoms with van der Waals surface area (Å²) in [6.07, 6.45) is 3.29. The molecule has 2 rings (SSSR count). The Kier molecular flexibility index (Phi) is 3.27. The van der Waals surface area contributed by atoms with Crippen molar-refractivity contribution < 1.29 is 12.8 Å². The van der Waals surface area contributed by atoms with Crippen LogP contribution in [0.3, 0.4) is 0 Å². The molecule has 2 heterocycles. The van der Waals surface area contributed by atoms with Crippen molar-refractivity contribution in [2.45, 2.75) is 18.2 Å². The number of nitrogens with two attached hydrogens (primary N) is 1. The van der Waals surface area contributed by atoms with Crippen LogP contribution in [0.4, 0.5) is 0 Å².